The molecule has 0 fully saturated rings. The second-order valence-electron chi connectivity index (χ2n) is 4.53. The average molecular weight is 278 g/mol. The third-order valence-electron chi connectivity index (χ3n) is 2.83. The molecule has 1 atom stereocenters. The molecule has 2 aromatic rings. The number of carbonyl (C=O) groups is 1. The van der Waals surface area contributed by atoms with Gasteiger partial charge in [0.25, 0.3) is 0 Å². The molecule has 2 heterocycles. The molecule has 0 radical (unpaired) electrons. The maximum Gasteiger partial charge on any atom is 0.246 e. The fraction of sp³-hybridized carbons (Fsp3) is 0.429. The van der Waals surface area contributed by atoms with Gasteiger partial charge in [0.15, 0.2) is 5.76 Å². The van der Waals surface area contributed by atoms with Crippen molar-refractivity contribution in [2.75, 3.05) is 6.61 Å². The normalized spacial score (nSPS) is 12.3. The van der Waals surface area contributed by atoms with Crippen LogP contribution in [-0.2, 0) is 16.1 Å². The number of amides is 1. The van der Waals surface area contributed by atoms with Gasteiger partial charge in [-0.25, -0.2) is 0 Å². The van der Waals surface area contributed by atoms with Gasteiger partial charge in [-0.3, -0.25) is 4.79 Å². The van der Waals surface area contributed by atoms with E-state index in [0.717, 1.165) is 6.42 Å². The molecule has 0 saturated carbocycles. The van der Waals surface area contributed by atoms with Crippen LogP contribution in [0.5, 0.6) is 0 Å². The minimum Gasteiger partial charge on any atom is -0.461 e. The number of hydrogen-bond donors (Lipinski definition) is 1. The van der Waals surface area contributed by atoms with Crippen LogP contribution in [0.4, 0.5) is 0 Å². The first-order chi connectivity index (χ1) is 9.69. The summed E-state index contributed by atoms with van der Waals surface area (Å²) in [6.07, 6.45) is 2.45. The highest BCUT2D eigenvalue weighted by Gasteiger charge is 2.10. The highest BCUT2D eigenvalue weighted by Crippen LogP contribution is 2.20. The molecule has 108 valence electrons. The second-order valence-corrected chi connectivity index (χ2v) is 4.53. The first kappa shape index (κ1) is 14.3. The summed E-state index contributed by atoms with van der Waals surface area (Å²) in [6.45, 7) is 4.19. The Labute approximate surface area is 117 Å². The molecule has 2 rings (SSSR count). The number of furan rings is 1. The predicted molar refractivity (Wildman–Crippen MR) is 71.8 cm³/mol. The zero-order valence-electron chi connectivity index (χ0n) is 11.6. The molecular weight excluding hydrogens is 260 g/mol. The summed E-state index contributed by atoms with van der Waals surface area (Å²) in [5.41, 5.74) is 0.618. The van der Waals surface area contributed by atoms with Crippen LogP contribution in [-0.4, -0.2) is 23.7 Å². The number of aromatic nitrogens is 1. The van der Waals surface area contributed by atoms with Gasteiger partial charge in [0.2, 0.25) is 11.7 Å². The van der Waals surface area contributed by atoms with Gasteiger partial charge in [-0.2, -0.15) is 0 Å². The molecule has 0 saturated heterocycles. The molecule has 6 heteroatoms. The van der Waals surface area contributed by atoms with E-state index in [9.17, 15) is 4.79 Å². The monoisotopic (exact) mass is 278 g/mol. The molecule has 0 aliphatic carbocycles. The molecule has 0 spiro atoms. The van der Waals surface area contributed by atoms with E-state index in [4.69, 9.17) is 13.7 Å². The van der Waals surface area contributed by atoms with E-state index in [1.54, 1.807) is 24.5 Å². The molecule has 0 aliphatic heterocycles. The smallest absolute Gasteiger partial charge is 0.246 e. The van der Waals surface area contributed by atoms with Crippen molar-refractivity contribution in [2.45, 2.75) is 32.9 Å². The van der Waals surface area contributed by atoms with E-state index >= 15 is 0 Å². The average Bonchev–Trinajstić information content (AvgIpc) is 3.08. The minimum absolute atomic E-state index is 0.00723. The Morgan fingerprint density at radius 1 is 1.50 bits per heavy atom. The molecule has 20 heavy (non-hydrogen) atoms. The van der Waals surface area contributed by atoms with Gasteiger partial charge in [0.1, 0.15) is 12.3 Å². The van der Waals surface area contributed by atoms with Gasteiger partial charge in [-0.15, -0.1) is 0 Å². The van der Waals surface area contributed by atoms with E-state index in [1.807, 2.05) is 13.8 Å². The van der Waals surface area contributed by atoms with Gasteiger partial charge >= 0.3 is 0 Å². The van der Waals surface area contributed by atoms with Crippen LogP contribution in [0, 0.1) is 0 Å². The third kappa shape index (κ3) is 3.96. The Balaban J connectivity index is 1.76. The summed E-state index contributed by atoms with van der Waals surface area (Å²) in [7, 11) is 0. The minimum atomic E-state index is -0.130. The van der Waals surface area contributed by atoms with Gasteiger partial charge in [-0.1, -0.05) is 12.1 Å². The van der Waals surface area contributed by atoms with Crippen molar-refractivity contribution in [3.63, 3.8) is 0 Å². The Kier molecular flexibility index (Phi) is 4.95. The van der Waals surface area contributed by atoms with Crippen LogP contribution in [0.1, 0.15) is 26.0 Å². The summed E-state index contributed by atoms with van der Waals surface area (Å²) >= 11 is 0. The molecule has 2 aromatic heterocycles. The largest absolute Gasteiger partial charge is 0.461 e. The van der Waals surface area contributed by atoms with E-state index in [1.165, 1.54) is 0 Å². The van der Waals surface area contributed by atoms with Crippen molar-refractivity contribution in [2.24, 2.45) is 0 Å². The fourth-order valence-electron chi connectivity index (χ4n) is 1.58. The van der Waals surface area contributed by atoms with Crippen LogP contribution in [0.3, 0.4) is 0 Å². The fourth-order valence-corrected chi connectivity index (χ4v) is 1.58. The predicted octanol–water partition coefficient (Wildman–Crippen LogP) is 2.37. The summed E-state index contributed by atoms with van der Waals surface area (Å²) in [5, 5.41) is 6.68. The van der Waals surface area contributed by atoms with Gasteiger partial charge in [0, 0.05) is 12.1 Å². The summed E-state index contributed by atoms with van der Waals surface area (Å²) in [4.78, 5) is 11.5. The van der Waals surface area contributed by atoms with Crippen LogP contribution in [0.2, 0.25) is 0 Å². The number of hydrogen-bond acceptors (Lipinski definition) is 5. The zero-order chi connectivity index (χ0) is 14.4. The lowest BCUT2D eigenvalue weighted by Gasteiger charge is -2.10. The standard InChI is InChI=1S/C14H18N2O4/c1-3-10(2)15-14(17)9-18-8-11-7-13(20-16-11)12-5-4-6-19-12/h4-7,10H,3,8-9H2,1-2H3,(H,15,17). The van der Waals surface area contributed by atoms with Gasteiger partial charge in [0.05, 0.1) is 12.9 Å². The second kappa shape index (κ2) is 6.91. The summed E-state index contributed by atoms with van der Waals surface area (Å²) in [6, 6.07) is 5.44. The highest BCUT2D eigenvalue weighted by molar-refractivity contribution is 5.77. The molecule has 0 bridgehead atoms. The van der Waals surface area contributed by atoms with E-state index in [2.05, 4.69) is 10.5 Å². The molecule has 1 N–H and O–H groups in total. The molecule has 1 amide bonds. The highest BCUT2D eigenvalue weighted by atomic mass is 16.5. The Morgan fingerprint density at radius 2 is 2.35 bits per heavy atom. The number of carbonyl (C=O) groups excluding carboxylic acids is 1. The van der Waals surface area contributed by atoms with Crippen molar-refractivity contribution in [1.29, 1.82) is 0 Å². The lowest BCUT2D eigenvalue weighted by atomic mass is 10.2. The van der Waals surface area contributed by atoms with Crippen LogP contribution < -0.4 is 5.32 Å². The molecule has 0 aromatic carbocycles. The number of nitrogens with one attached hydrogen (secondary N) is 1. The quantitative estimate of drug-likeness (QED) is 0.841. The Morgan fingerprint density at radius 3 is 3.05 bits per heavy atom. The molecule has 0 aliphatic rings. The molecular formula is C14H18N2O4. The lowest BCUT2D eigenvalue weighted by molar-refractivity contribution is -0.126. The van der Waals surface area contributed by atoms with Crippen molar-refractivity contribution in [3.05, 3.63) is 30.2 Å². The van der Waals surface area contributed by atoms with Gasteiger partial charge in [-0.05, 0) is 25.5 Å². The van der Waals surface area contributed by atoms with Crippen LogP contribution in [0.25, 0.3) is 11.5 Å². The first-order valence-electron chi connectivity index (χ1n) is 6.55. The van der Waals surface area contributed by atoms with E-state index in [0.29, 0.717) is 17.2 Å². The van der Waals surface area contributed by atoms with Gasteiger partial charge < -0.3 is 19.0 Å². The number of nitrogens with zero attached hydrogens (tertiary/aromatic N) is 1. The molecule has 6 nitrogen and oxygen atoms in total. The Hall–Kier alpha value is -2.08. The Bertz CT molecular complexity index is 533. The number of ether oxygens (including phenoxy) is 1. The third-order valence-corrected chi connectivity index (χ3v) is 2.83. The number of rotatable bonds is 7. The molecule has 1 unspecified atom stereocenters. The first-order valence-corrected chi connectivity index (χ1v) is 6.55. The van der Waals surface area contributed by atoms with Crippen LogP contribution in [0.15, 0.2) is 33.4 Å². The van der Waals surface area contributed by atoms with Crippen molar-refractivity contribution in [3.8, 4) is 11.5 Å². The lowest BCUT2D eigenvalue weighted by Crippen LogP contribution is -2.34. The van der Waals surface area contributed by atoms with E-state index < -0.39 is 0 Å². The summed E-state index contributed by atoms with van der Waals surface area (Å²) in [5.74, 6) is 1.02. The van der Waals surface area contributed by atoms with Crippen molar-refractivity contribution in [1.82, 2.24) is 10.5 Å². The van der Waals surface area contributed by atoms with Crippen molar-refractivity contribution < 1.29 is 18.5 Å². The SMILES string of the molecule is CCC(C)NC(=O)COCc1cc(-c2ccco2)on1. The zero-order valence-corrected chi connectivity index (χ0v) is 11.6. The van der Waals surface area contributed by atoms with Crippen molar-refractivity contribution >= 4 is 5.91 Å². The maximum absolute atomic E-state index is 11.5. The maximum atomic E-state index is 11.5. The van der Waals surface area contributed by atoms with Crippen LogP contribution >= 0.6 is 0 Å². The van der Waals surface area contributed by atoms with E-state index in [-0.39, 0.29) is 25.2 Å². The topological polar surface area (TPSA) is 77.5 Å². The summed E-state index contributed by atoms with van der Waals surface area (Å²) < 4.78 is 15.6.